The third kappa shape index (κ3) is 2.00. The third-order valence-corrected chi connectivity index (χ3v) is 2.51. The first-order chi connectivity index (χ1) is 5.92. The van der Waals surface area contributed by atoms with Gasteiger partial charge in [0.25, 0.3) is 0 Å². The number of rotatable bonds is 4. The molecule has 0 amide bonds. The van der Waals surface area contributed by atoms with Crippen LogP contribution in [0.4, 0.5) is 17.6 Å². The second-order valence-corrected chi connectivity index (χ2v) is 3.57. The summed E-state index contributed by atoms with van der Waals surface area (Å²) in [5, 5.41) is 0. The van der Waals surface area contributed by atoms with Gasteiger partial charge in [-0.15, -0.1) is 0 Å². The summed E-state index contributed by atoms with van der Waals surface area (Å²) in [5.41, 5.74) is -1.18. The molecule has 0 aromatic heterocycles. The van der Waals surface area contributed by atoms with Gasteiger partial charge in [-0.1, -0.05) is 6.42 Å². The summed E-state index contributed by atoms with van der Waals surface area (Å²) in [7, 11) is 0. The molecule has 1 fully saturated rings. The lowest BCUT2D eigenvalue weighted by atomic mass is 9.66. The largest absolute Gasteiger partial charge is 0.308 e. The lowest BCUT2D eigenvalue weighted by molar-refractivity contribution is -0.164. The topological polar surface area (TPSA) is 17.1 Å². The first-order valence-electron chi connectivity index (χ1n) is 4.04. The van der Waals surface area contributed by atoms with Crippen LogP contribution < -0.4 is 0 Å². The lowest BCUT2D eigenvalue weighted by Gasteiger charge is -2.38. The van der Waals surface area contributed by atoms with Gasteiger partial charge in [0.05, 0.1) is 0 Å². The van der Waals surface area contributed by atoms with E-state index in [0.29, 0.717) is 25.5 Å². The van der Waals surface area contributed by atoms with Crippen LogP contribution in [0.1, 0.15) is 25.7 Å². The Hall–Kier alpha value is -0.610. The summed E-state index contributed by atoms with van der Waals surface area (Å²) in [6, 6.07) is 0. The standard InChI is InChI=1S/C8H10F4O/c9-6(10)8(11,12)4-7(5-13)2-1-3-7/h5-6H,1-4H2. The highest BCUT2D eigenvalue weighted by atomic mass is 19.3. The molecule has 0 atom stereocenters. The SMILES string of the molecule is O=CC1(CC(F)(F)C(F)F)CCC1. The zero-order chi connectivity index (χ0) is 10.1. The molecule has 76 valence electrons. The smallest absolute Gasteiger partial charge is 0.303 e. The highest BCUT2D eigenvalue weighted by Crippen LogP contribution is 2.47. The van der Waals surface area contributed by atoms with E-state index >= 15 is 0 Å². The molecule has 0 radical (unpaired) electrons. The first kappa shape index (κ1) is 10.5. The molecule has 1 rings (SSSR count). The van der Waals surface area contributed by atoms with E-state index in [-0.39, 0.29) is 0 Å². The van der Waals surface area contributed by atoms with Crippen LogP contribution in [0.5, 0.6) is 0 Å². The van der Waals surface area contributed by atoms with Gasteiger partial charge < -0.3 is 4.79 Å². The van der Waals surface area contributed by atoms with Crippen molar-refractivity contribution in [2.24, 2.45) is 5.41 Å². The molecule has 0 saturated heterocycles. The van der Waals surface area contributed by atoms with Crippen molar-refractivity contribution in [3.8, 4) is 0 Å². The van der Waals surface area contributed by atoms with Crippen molar-refractivity contribution in [3.63, 3.8) is 0 Å². The van der Waals surface area contributed by atoms with Crippen molar-refractivity contribution >= 4 is 6.29 Å². The molecule has 1 nitrogen and oxygen atoms in total. The van der Waals surface area contributed by atoms with Crippen LogP contribution in [0.25, 0.3) is 0 Å². The maximum Gasteiger partial charge on any atom is 0.308 e. The van der Waals surface area contributed by atoms with E-state index in [9.17, 15) is 22.4 Å². The van der Waals surface area contributed by atoms with Gasteiger partial charge in [0.15, 0.2) is 0 Å². The number of carbonyl (C=O) groups excluding carboxylic acids is 1. The molecule has 0 aliphatic heterocycles. The van der Waals surface area contributed by atoms with Crippen LogP contribution in [0, 0.1) is 5.41 Å². The molecule has 0 aromatic carbocycles. The van der Waals surface area contributed by atoms with Gasteiger partial charge in [-0.25, -0.2) is 17.6 Å². The van der Waals surface area contributed by atoms with E-state index < -0.39 is 24.2 Å². The number of hydrogen-bond acceptors (Lipinski definition) is 1. The Morgan fingerprint density at radius 1 is 1.38 bits per heavy atom. The summed E-state index contributed by atoms with van der Waals surface area (Å²) in [6.07, 6.45) is -3.02. The van der Waals surface area contributed by atoms with Gasteiger partial charge in [-0.2, -0.15) is 0 Å². The van der Waals surface area contributed by atoms with Crippen molar-refractivity contribution in [2.75, 3.05) is 0 Å². The second-order valence-electron chi connectivity index (χ2n) is 3.57. The van der Waals surface area contributed by atoms with E-state index in [2.05, 4.69) is 0 Å². The number of aldehydes is 1. The summed E-state index contributed by atoms with van der Waals surface area (Å²) in [5.74, 6) is -4.03. The minimum absolute atomic E-state index is 0.304. The first-order valence-corrected chi connectivity index (χ1v) is 4.04. The molecule has 1 aliphatic rings. The molecule has 0 heterocycles. The molecule has 0 N–H and O–H groups in total. The van der Waals surface area contributed by atoms with Crippen molar-refractivity contribution in [1.29, 1.82) is 0 Å². The number of halogens is 4. The van der Waals surface area contributed by atoms with Gasteiger partial charge in [-0.3, -0.25) is 0 Å². The van der Waals surface area contributed by atoms with Crippen molar-refractivity contribution < 1.29 is 22.4 Å². The summed E-state index contributed by atoms with van der Waals surface area (Å²) < 4.78 is 48.6. The van der Waals surface area contributed by atoms with Gasteiger partial charge in [0.2, 0.25) is 0 Å². The number of carbonyl (C=O) groups is 1. The Balaban J connectivity index is 2.60. The van der Waals surface area contributed by atoms with Crippen LogP contribution in [0.15, 0.2) is 0 Å². The van der Waals surface area contributed by atoms with Crippen LogP contribution in [0.3, 0.4) is 0 Å². The van der Waals surface area contributed by atoms with Gasteiger partial charge in [0.1, 0.15) is 6.29 Å². The molecule has 5 heteroatoms. The minimum atomic E-state index is -4.03. The van der Waals surface area contributed by atoms with Crippen LogP contribution in [-0.4, -0.2) is 18.6 Å². The molecular formula is C8H10F4O. The van der Waals surface area contributed by atoms with Crippen LogP contribution in [0.2, 0.25) is 0 Å². The Labute approximate surface area is 73.1 Å². The molecule has 0 bridgehead atoms. The van der Waals surface area contributed by atoms with Gasteiger partial charge in [0, 0.05) is 11.8 Å². The third-order valence-electron chi connectivity index (χ3n) is 2.51. The molecule has 13 heavy (non-hydrogen) atoms. The Morgan fingerprint density at radius 3 is 2.15 bits per heavy atom. The van der Waals surface area contributed by atoms with Crippen LogP contribution in [-0.2, 0) is 4.79 Å². The highest BCUT2D eigenvalue weighted by Gasteiger charge is 2.50. The predicted octanol–water partition coefficient (Wildman–Crippen LogP) is 2.65. The zero-order valence-electron chi connectivity index (χ0n) is 6.90. The van der Waals surface area contributed by atoms with Crippen molar-refractivity contribution in [3.05, 3.63) is 0 Å². The monoisotopic (exact) mass is 198 g/mol. The summed E-state index contributed by atoms with van der Waals surface area (Å²) in [4.78, 5) is 10.4. The molecular weight excluding hydrogens is 188 g/mol. The van der Waals surface area contributed by atoms with Crippen molar-refractivity contribution in [1.82, 2.24) is 0 Å². The van der Waals surface area contributed by atoms with E-state index in [0.717, 1.165) is 0 Å². The zero-order valence-corrected chi connectivity index (χ0v) is 6.90. The number of alkyl halides is 4. The maximum absolute atomic E-state index is 12.5. The Morgan fingerprint density at radius 2 is 1.92 bits per heavy atom. The van der Waals surface area contributed by atoms with Crippen molar-refractivity contribution in [2.45, 2.75) is 38.0 Å². The summed E-state index contributed by atoms with van der Waals surface area (Å²) in [6.45, 7) is 0. The highest BCUT2D eigenvalue weighted by molar-refractivity contribution is 5.61. The molecule has 1 saturated carbocycles. The summed E-state index contributed by atoms with van der Waals surface area (Å²) >= 11 is 0. The minimum Gasteiger partial charge on any atom is -0.303 e. The average molecular weight is 198 g/mol. The van der Waals surface area contributed by atoms with E-state index in [1.54, 1.807) is 0 Å². The molecule has 0 spiro atoms. The second kappa shape index (κ2) is 3.27. The normalized spacial score (nSPS) is 21.3. The van der Waals surface area contributed by atoms with Gasteiger partial charge in [-0.05, 0) is 12.8 Å². The quantitative estimate of drug-likeness (QED) is 0.501. The maximum atomic E-state index is 12.5. The Bertz CT molecular complexity index is 198. The number of hydrogen-bond donors (Lipinski definition) is 0. The fraction of sp³-hybridized carbons (Fsp3) is 0.875. The average Bonchev–Trinajstić information content (AvgIpc) is 1.96. The predicted molar refractivity (Wildman–Crippen MR) is 37.9 cm³/mol. The van der Waals surface area contributed by atoms with Gasteiger partial charge >= 0.3 is 12.3 Å². The van der Waals surface area contributed by atoms with Crippen LogP contribution >= 0.6 is 0 Å². The fourth-order valence-electron chi connectivity index (χ4n) is 1.51. The fourth-order valence-corrected chi connectivity index (χ4v) is 1.51. The Kier molecular flexibility index (Phi) is 2.63. The lowest BCUT2D eigenvalue weighted by Crippen LogP contribution is -2.40. The van der Waals surface area contributed by atoms with E-state index in [1.165, 1.54) is 0 Å². The molecule has 1 aliphatic carbocycles. The molecule has 0 unspecified atom stereocenters. The molecule has 0 aromatic rings. The van der Waals surface area contributed by atoms with E-state index in [1.807, 2.05) is 0 Å². The van der Waals surface area contributed by atoms with E-state index in [4.69, 9.17) is 0 Å².